The highest BCUT2D eigenvalue weighted by Gasteiger charge is 2.54. The van der Waals surface area contributed by atoms with E-state index in [1.54, 1.807) is 24.3 Å². The van der Waals surface area contributed by atoms with E-state index in [0.29, 0.717) is 38.6 Å². The first-order chi connectivity index (χ1) is 18.2. The predicted octanol–water partition coefficient (Wildman–Crippen LogP) is 4.47. The monoisotopic (exact) mass is 612 g/mol. The number of benzene rings is 1. The van der Waals surface area contributed by atoms with Gasteiger partial charge in [0.25, 0.3) is 11.8 Å². The number of ether oxygens (including phenoxy) is 1. The number of hydrogen-bond acceptors (Lipinski definition) is 10. The summed E-state index contributed by atoms with van der Waals surface area (Å²) < 4.78 is 11.9. The number of carbonyl (C=O) groups excluding carboxylic acids is 2. The number of nitrogens with one attached hydrogen (secondary N) is 1. The van der Waals surface area contributed by atoms with Gasteiger partial charge >= 0.3 is 5.97 Å². The van der Waals surface area contributed by atoms with E-state index in [-0.39, 0.29) is 18.1 Å². The molecule has 2 aliphatic rings. The summed E-state index contributed by atoms with van der Waals surface area (Å²) >= 11 is 16.2. The van der Waals surface area contributed by atoms with Crippen LogP contribution in [-0.4, -0.2) is 60.9 Å². The van der Waals surface area contributed by atoms with Crippen molar-refractivity contribution in [3.05, 3.63) is 68.2 Å². The summed E-state index contributed by atoms with van der Waals surface area (Å²) in [6.45, 7) is 1.86. The second kappa shape index (κ2) is 11.2. The zero-order valence-electron chi connectivity index (χ0n) is 19.5. The van der Waals surface area contributed by atoms with Crippen LogP contribution in [0.2, 0.25) is 10.0 Å². The van der Waals surface area contributed by atoms with Gasteiger partial charge in [-0.25, -0.2) is 4.79 Å². The molecule has 2 atom stereocenters. The number of aromatic nitrogens is 2. The fraction of sp³-hybridized carbons (Fsp3) is 0.261. The lowest BCUT2D eigenvalue weighted by molar-refractivity contribution is -0.148. The molecule has 0 radical (unpaired) electrons. The first-order valence-corrected chi connectivity index (χ1v) is 14.6. The highest BCUT2D eigenvalue weighted by molar-refractivity contribution is 8.01. The Morgan fingerprint density at radius 3 is 2.82 bits per heavy atom. The second-order valence-corrected chi connectivity index (χ2v) is 12.5. The summed E-state index contributed by atoms with van der Waals surface area (Å²) in [5.41, 5.74) is 0.572. The molecule has 0 saturated carbocycles. The SMILES string of the molecule is Cc1nnc(SCC2=C(C(=O)O)N3C(=O)[C@H](NC(=O)c4ccc(COc5ccc(Cl)cc5Cl)o4)[C@@H]3SC2)s1. The number of nitrogens with zero attached hydrogens (tertiary/aromatic N) is 3. The van der Waals surface area contributed by atoms with Gasteiger partial charge in [0, 0.05) is 16.5 Å². The van der Waals surface area contributed by atoms with Gasteiger partial charge in [-0.3, -0.25) is 14.5 Å². The zero-order valence-corrected chi connectivity index (χ0v) is 23.4. The second-order valence-electron chi connectivity index (χ2n) is 8.12. The van der Waals surface area contributed by atoms with Crippen molar-refractivity contribution in [3.63, 3.8) is 0 Å². The molecule has 1 aromatic carbocycles. The normalized spacial score (nSPS) is 18.7. The van der Waals surface area contributed by atoms with E-state index >= 15 is 0 Å². The average molecular weight is 614 g/mol. The van der Waals surface area contributed by atoms with Gasteiger partial charge in [-0.15, -0.1) is 22.0 Å². The predicted molar refractivity (Wildman–Crippen MR) is 144 cm³/mol. The quantitative estimate of drug-likeness (QED) is 0.263. The van der Waals surface area contributed by atoms with E-state index in [4.69, 9.17) is 32.4 Å². The molecule has 1 saturated heterocycles. The lowest BCUT2D eigenvalue weighted by atomic mass is 10.0. The maximum absolute atomic E-state index is 12.9. The molecule has 15 heteroatoms. The fourth-order valence-electron chi connectivity index (χ4n) is 3.81. The Bertz CT molecular complexity index is 1460. The molecule has 2 aliphatic heterocycles. The number of rotatable bonds is 9. The summed E-state index contributed by atoms with van der Waals surface area (Å²) in [5, 5.41) is 21.6. The Kier molecular flexibility index (Phi) is 7.91. The fourth-order valence-corrected chi connectivity index (χ4v) is 7.57. The van der Waals surface area contributed by atoms with Crippen molar-refractivity contribution in [1.29, 1.82) is 0 Å². The highest BCUT2D eigenvalue weighted by atomic mass is 35.5. The largest absolute Gasteiger partial charge is 0.484 e. The number of fused-ring (bicyclic) bond motifs is 1. The van der Waals surface area contributed by atoms with E-state index in [9.17, 15) is 19.5 Å². The third kappa shape index (κ3) is 5.52. The highest BCUT2D eigenvalue weighted by Crippen LogP contribution is 2.42. The number of aryl methyl sites for hydroxylation is 1. The number of furan rings is 1. The number of hydrogen-bond donors (Lipinski definition) is 2. The summed E-state index contributed by atoms with van der Waals surface area (Å²) in [7, 11) is 0. The van der Waals surface area contributed by atoms with E-state index in [1.807, 2.05) is 6.92 Å². The topological polar surface area (TPSA) is 135 Å². The third-order valence-electron chi connectivity index (χ3n) is 5.56. The van der Waals surface area contributed by atoms with Crippen molar-refractivity contribution >= 4 is 75.8 Å². The Hall–Kier alpha value is -2.71. The lowest BCUT2D eigenvalue weighted by Gasteiger charge is -2.49. The van der Waals surface area contributed by atoms with Gasteiger partial charge in [-0.05, 0) is 42.8 Å². The molecule has 2 N–H and O–H groups in total. The van der Waals surface area contributed by atoms with Gasteiger partial charge in [0.05, 0.1) is 5.02 Å². The summed E-state index contributed by atoms with van der Waals surface area (Å²) in [5.74, 6) is -0.712. The molecule has 2 amide bonds. The first-order valence-electron chi connectivity index (χ1n) is 11.0. The van der Waals surface area contributed by atoms with Crippen LogP contribution in [0.3, 0.4) is 0 Å². The molecule has 4 heterocycles. The Balaban J connectivity index is 1.20. The van der Waals surface area contributed by atoms with Gasteiger partial charge in [-0.2, -0.15) is 0 Å². The molecule has 0 aliphatic carbocycles. The Morgan fingerprint density at radius 2 is 2.11 bits per heavy atom. The molecule has 1 fully saturated rings. The van der Waals surface area contributed by atoms with Gasteiger partial charge < -0.3 is 19.6 Å². The molecule has 0 spiro atoms. The standard InChI is InChI=1S/C23H18Cl2N4O6S3/c1-10-27-28-23(38-10)37-9-11-8-36-21-17(20(31)29(21)18(11)22(32)33)26-19(30)16-5-3-13(35-16)7-34-15-4-2-12(24)6-14(15)25/h2-6,17,21H,7-9H2,1H3,(H,26,30)(H,32,33)/t17-,21-/m0/s1. The molecule has 0 bridgehead atoms. The summed E-state index contributed by atoms with van der Waals surface area (Å²) in [4.78, 5) is 39.0. The van der Waals surface area contributed by atoms with E-state index in [0.717, 1.165) is 9.35 Å². The van der Waals surface area contributed by atoms with Crippen LogP contribution in [0.15, 0.2) is 50.4 Å². The van der Waals surface area contributed by atoms with Crippen LogP contribution in [0.1, 0.15) is 21.3 Å². The van der Waals surface area contributed by atoms with Crippen LogP contribution < -0.4 is 10.1 Å². The summed E-state index contributed by atoms with van der Waals surface area (Å²) in [6, 6.07) is 6.99. The summed E-state index contributed by atoms with van der Waals surface area (Å²) in [6.07, 6.45) is 0. The van der Waals surface area contributed by atoms with Crippen LogP contribution in [-0.2, 0) is 16.2 Å². The van der Waals surface area contributed by atoms with Crippen LogP contribution >= 0.6 is 58.1 Å². The van der Waals surface area contributed by atoms with Crippen molar-refractivity contribution in [1.82, 2.24) is 20.4 Å². The van der Waals surface area contributed by atoms with Crippen LogP contribution in [0.5, 0.6) is 5.75 Å². The van der Waals surface area contributed by atoms with E-state index in [1.165, 1.54) is 45.8 Å². The number of aliphatic carboxylic acids is 1. The van der Waals surface area contributed by atoms with Crippen molar-refractivity contribution < 1.29 is 28.6 Å². The maximum Gasteiger partial charge on any atom is 0.352 e. The molecule has 38 heavy (non-hydrogen) atoms. The number of halogens is 2. The number of amides is 2. The van der Waals surface area contributed by atoms with Gasteiger partial charge in [0.1, 0.15) is 40.2 Å². The number of carboxylic acid groups (broad SMARTS) is 1. The first kappa shape index (κ1) is 26.9. The van der Waals surface area contributed by atoms with Crippen molar-refractivity contribution in [2.75, 3.05) is 11.5 Å². The lowest BCUT2D eigenvalue weighted by Crippen LogP contribution is -2.70. The van der Waals surface area contributed by atoms with E-state index < -0.39 is 29.2 Å². The molecular weight excluding hydrogens is 595 g/mol. The number of thioether (sulfide) groups is 2. The molecule has 2 aromatic heterocycles. The molecule has 5 rings (SSSR count). The smallest absolute Gasteiger partial charge is 0.352 e. The molecule has 3 aromatic rings. The Labute approximate surface area is 238 Å². The minimum absolute atomic E-state index is 0.00342. The van der Waals surface area contributed by atoms with Crippen LogP contribution in [0, 0.1) is 6.92 Å². The van der Waals surface area contributed by atoms with Gasteiger partial charge in [0.15, 0.2) is 10.1 Å². The van der Waals surface area contributed by atoms with Crippen molar-refractivity contribution in [2.24, 2.45) is 0 Å². The number of carbonyl (C=O) groups is 3. The van der Waals surface area contributed by atoms with Crippen LogP contribution in [0.25, 0.3) is 0 Å². The van der Waals surface area contributed by atoms with Gasteiger partial charge in [0.2, 0.25) is 0 Å². The van der Waals surface area contributed by atoms with Crippen molar-refractivity contribution in [2.45, 2.75) is 29.3 Å². The van der Waals surface area contributed by atoms with Crippen molar-refractivity contribution in [3.8, 4) is 5.75 Å². The average Bonchev–Trinajstić information content (AvgIpc) is 3.53. The maximum atomic E-state index is 12.9. The minimum atomic E-state index is -1.19. The minimum Gasteiger partial charge on any atom is -0.484 e. The zero-order chi connectivity index (χ0) is 27.0. The van der Waals surface area contributed by atoms with E-state index in [2.05, 4.69) is 15.5 Å². The Morgan fingerprint density at radius 1 is 1.29 bits per heavy atom. The third-order valence-corrected chi connectivity index (χ3v) is 9.49. The van der Waals surface area contributed by atoms with Gasteiger partial charge in [-0.1, -0.05) is 46.3 Å². The molecule has 198 valence electrons. The number of β-lactam (4-membered cyclic amide) rings is 1. The molecule has 0 unspecified atom stereocenters. The number of carboxylic acids is 1. The molecular formula is C23H18Cl2N4O6S3. The van der Waals surface area contributed by atoms with Crippen LogP contribution in [0.4, 0.5) is 0 Å². The molecule has 10 nitrogen and oxygen atoms in total.